The molecule has 3 aromatic rings. The molecule has 2 aromatic heterocycles. The van der Waals surface area contributed by atoms with Crippen LogP contribution < -0.4 is 0 Å². The molecule has 1 N–H and O–H groups in total. The highest BCUT2D eigenvalue weighted by Crippen LogP contribution is 2.32. The number of benzene rings is 1. The average molecular weight is 292 g/mol. The van der Waals surface area contributed by atoms with Gasteiger partial charge in [0, 0.05) is 34.6 Å². The Kier molecular flexibility index (Phi) is 2.89. The molecule has 1 aliphatic carbocycles. The first-order valence-corrected chi connectivity index (χ1v) is 7.18. The monoisotopic (exact) mass is 292 g/mol. The number of Topliss-reactive ketones (excluding diaryl/α,β-unsaturated/α-hetero) is 1. The van der Waals surface area contributed by atoms with Gasteiger partial charge in [-0.15, -0.1) is 0 Å². The van der Waals surface area contributed by atoms with Crippen LogP contribution in [0.3, 0.4) is 0 Å². The predicted octanol–water partition coefficient (Wildman–Crippen LogP) is 3.91. The van der Waals surface area contributed by atoms with Crippen LogP contribution in [0.4, 0.5) is 4.39 Å². The van der Waals surface area contributed by atoms with E-state index in [1.54, 1.807) is 18.5 Å². The molecule has 0 saturated heterocycles. The summed E-state index contributed by atoms with van der Waals surface area (Å²) in [5.41, 5.74) is 3.96. The first kappa shape index (κ1) is 13.0. The number of pyridine rings is 1. The number of aromatic amines is 1. The average Bonchev–Trinajstić information content (AvgIpc) is 2.89. The number of fused-ring (bicyclic) bond motifs is 3. The van der Waals surface area contributed by atoms with E-state index in [0.29, 0.717) is 17.4 Å². The number of H-pyrrole nitrogens is 1. The summed E-state index contributed by atoms with van der Waals surface area (Å²) in [6.07, 6.45) is 6.73. The summed E-state index contributed by atoms with van der Waals surface area (Å²) < 4.78 is 13.5. The molecule has 3 nitrogen and oxygen atoms in total. The van der Waals surface area contributed by atoms with E-state index in [2.05, 4.69) is 9.97 Å². The molecule has 4 rings (SSSR count). The van der Waals surface area contributed by atoms with Crippen molar-refractivity contribution in [2.75, 3.05) is 0 Å². The first-order chi connectivity index (χ1) is 10.7. The fourth-order valence-corrected chi connectivity index (χ4v) is 3.00. The van der Waals surface area contributed by atoms with Gasteiger partial charge in [0.05, 0.1) is 5.56 Å². The molecule has 0 amide bonds. The highest BCUT2D eigenvalue weighted by Gasteiger charge is 2.26. The molecule has 0 aliphatic heterocycles. The zero-order valence-corrected chi connectivity index (χ0v) is 11.8. The predicted molar refractivity (Wildman–Crippen MR) is 83.1 cm³/mol. The van der Waals surface area contributed by atoms with E-state index in [1.807, 2.05) is 18.2 Å². The van der Waals surface area contributed by atoms with E-state index in [-0.39, 0.29) is 11.6 Å². The quantitative estimate of drug-likeness (QED) is 0.691. The van der Waals surface area contributed by atoms with Crippen LogP contribution in [0.5, 0.6) is 0 Å². The van der Waals surface area contributed by atoms with Gasteiger partial charge in [-0.3, -0.25) is 9.78 Å². The molecule has 0 unspecified atom stereocenters. The van der Waals surface area contributed by atoms with Crippen LogP contribution in [-0.2, 0) is 6.42 Å². The van der Waals surface area contributed by atoms with Crippen molar-refractivity contribution in [3.63, 3.8) is 0 Å². The van der Waals surface area contributed by atoms with Gasteiger partial charge in [-0.25, -0.2) is 4.39 Å². The maximum Gasteiger partial charge on any atom is 0.191 e. The molecular weight excluding hydrogens is 279 g/mol. The number of hydrogen-bond acceptors (Lipinski definition) is 2. The number of nitrogens with zero attached hydrogens (tertiary/aromatic N) is 1. The Bertz CT molecular complexity index is 909. The lowest BCUT2D eigenvalue weighted by Gasteiger charge is -2.14. The molecular formula is C18H13FN2O. The number of ketones is 1. The molecule has 1 aromatic carbocycles. The number of halogens is 1. The van der Waals surface area contributed by atoms with Gasteiger partial charge in [-0.05, 0) is 48.7 Å². The van der Waals surface area contributed by atoms with Gasteiger partial charge >= 0.3 is 0 Å². The summed E-state index contributed by atoms with van der Waals surface area (Å²) >= 11 is 0. The Morgan fingerprint density at radius 3 is 2.95 bits per heavy atom. The van der Waals surface area contributed by atoms with Crippen LogP contribution in [0.25, 0.3) is 17.0 Å². The van der Waals surface area contributed by atoms with Gasteiger partial charge in [0.15, 0.2) is 5.78 Å². The Morgan fingerprint density at radius 2 is 2.14 bits per heavy atom. The van der Waals surface area contributed by atoms with Crippen LogP contribution in [0.1, 0.15) is 28.0 Å². The smallest absolute Gasteiger partial charge is 0.191 e. The zero-order valence-electron chi connectivity index (χ0n) is 11.8. The van der Waals surface area contributed by atoms with E-state index in [0.717, 1.165) is 28.8 Å². The molecule has 108 valence electrons. The van der Waals surface area contributed by atoms with Crippen molar-refractivity contribution in [3.8, 4) is 0 Å². The van der Waals surface area contributed by atoms with Crippen molar-refractivity contribution in [2.24, 2.45) is 0 Å². The van der Waals surface area contributed by atoms with Crippen molar-refractivity contribution < 1.29 is 9.18 Å². The van der Waals surface area contributed by atoms with Gasteiger partial charge in [0.25, 0.3) is 0 Å². The third-order valence-electron chi connectivity index (χ3n) is 4.03. The standard InChI is InChI=1S/C18H13FN2O/c19-13-4-6-15-14(9-13)17-16(21-15)5-3-12(18(17)22)8-11-2-1-7-20-10-11/h1-2,4,6-10,21H,3,5H2/b12-8-. The second-order valence-corrected chi connectivity index (χ2v) is 5.45. The number of carbonyl (C=O) groups excluding carboxylic acids is 1. The Balaban J connectivity index is 1.84. The van der Waals surface area contributed by atoms with Crippen LogP contribution in [0, 0.1) is 5.82 Å². The largest absolute Gasteiger partial charge is 0.358 e. The molecule has 0 radical (unpaired) electrons. The molecule has 0 fully saturated rings. The van der Waals surface area contributed by atoms with Crippen molar-refractivity contribution >= 4 is 22.8 Å². The van der Waals surface area contributed by atoms with Crippen LogP contribution >= 0.6 is 0 Å². The maximum absolute atomic E-state index is 13.5. The van der Waals surface area contributed by atoms with Gasteiger partial charge in [0.1, 0.15) is 5.82 Å². The first-order valence-electron chi connectivity index (χ1n) is 7.18. The fraction of sp³-hybridized carbons (Fsp3) is 0.111. The van der Waals surface area contributed by atoms with Crippen molar-refractivity contribution in [1.29, 1.82) is 0 Å². The maximum atomic E-state index is 13.5. The summed E-state index contributed by atoms with van der Waals surface area (Å²) in [7, 11) is 0. The van der Waals surface area contributed by atoms with Gasteiger partial charge in [-0.2, -0.15) is 0 Å². The van der Waals surface area contributed by atoms with Gasteiger partial charge in [-0.1, -0.05) is 6.07 Å². The third-order valence-corrected chi connectivity index (χ3v) is 4.03. The molecule has 0 atom stereocenters. The number of hydrogen-bond donors (Lipinski definition) is 1. The summed E-state index contributed by atoms with van der Waals surface area (Å²) in [6.45, 7) is 0. The summed E-state index contributed by atoms with van der Waals surface area (Å²) in [4.78, 5) is 20.1. The minimum Gasteiger partial charge on any atom is -0.358 e. The molecule has 0 spiro atoms. The molecule has 2 heterocycles. The lowest BCUT2D eigenvalue weighted by atomic mass is 9.89. The van der Waals surface area contributed by atoms with E-state index in [9.17, 15) is 9.18 Å². The Hall–Kier alpha value is -2.75. The SMILES string of the molecule is O=C1/C(=C\c2cccnc2)CCc2[nH]c3ccc(F)cc3c21. The van der Waals surface area contributed by atoms with Gasteiger partial charge < -0.3 is 4.98 Å². The second kappa shape index (κ2) is 4.91. The number of nitrogens with one attached hydrogen (secondary N) is 1. The van der Waals surface area contributed by atoms with E-state index in [4.69, 9.17) is 0 Å². The lowest BCUT2D eigenvalue weighted by Crippen LogP contribution is -2.13. The van der Waals surface area contributed by atoms with Gasteiger partial charge in [0.2, 0.25) is 0 Å². The molecule has 1 aliphatic rings. The van der Waals surface area contributed by atoms with E-state index >= 15 is 0 Å². The van der Waals surface area contributed by atoms with Crippen LogP contribution in [-0.4, -0.2) is 15.8 Å². The second-order valence-electron chi connectivity index (χ2n) is 5.45. The van der Waals surface area contributed by atoms with Crippen molar-refractivity contribution in [2.45, 2.75) is 12.8 Å². The summed E-state index contributed by atoms with van der Waals surface area (Å²) in [6, 6.07) is 8.27. The minimum absolute atomic E-state index is 0.0260. The topological polar surface area (TPSA) is 45.8 Å². The Labute approximate surface area is 126 Å². The van der Waals surface area contributed by atoms with E-state index in [1.165, 1.54) is 12.1 Å². The zero-order chi connectivity index (χ0) is 15.1. The van der Waals surface area contributed by atoms with Crippen molar-refractivity contribution in [1.82, 2.24) is 9.97 Å². The normalized spacial score (nSPS) is 16.2. The highest BCUT2D eigenvalue weighted by atomic mass is 19.1. The number of allylic oxidation sites excluding steroid dienone is 1. The number of aromatic nitrogens is 2. The lowest BCUT2D eigenvalue weighted by molar-refractivity contribution is 0.102. The molecule has 4 heteroatoms. The molecule has 0 saturated carbocycles. The third kappa shape index (κ3) is 2.04. The van der Waals surface area contributed by atoms with E-state index < -0.39 is 0 Å². The summed E-state index contributed by atoms with van der Waals surface area (Å²) in [5.74, 6) is -0.354. The number of rotatable bonds is 1. The number of aryl methyl sites for hydroxylation is 1. The Morgan fingerprint density at radius 1 is 1.23 bits per heavy atom. The van der Waals surface area contributed by atoms with Crippen LogP contribution in [0.2, 0.25) is 0 Å². The molecule has 22 heavy (non-hydrogen) atoms. The highest BCUT2D eigenvalue weighted by molar-refractivity contribution is 6.19. The molecule has 0 bridgehead atoms. The summed E-state index contributed by atoms with van der Waals surface area (Å²) in [5, 5.41) is 0.664. The van der Waals surface area contributed by atoms with Crippen LogP contribution in [0.15, 0.2) is 48.3 Å². The number of carbonyl (C=O) groups is 1. The fourth-order valence-electron chi connectivity index (χ4n) is 3.00. The minimum atomic E-state index is -0.328. The van der Waals surface area contributed by atoms with Crippen molar-refractivity contribution in [3.05, 3.63) is 70.9 Å².